The molecular weight excluding hydrogens is 1690 g/mol. The highest BCUT2D eigenvalue weighted by molar-refractivity contribution is 6.28. The number of hydrogen-bond acceptors (Lipinski definition) is 2. The number of nitrogens with zero attached hydrogens (tertiary/aromatic N) is 2. The quantitative estimate of drug-likeness (QED) is 0.126. The summed E-state index contributed by atoms with van der Waals surface area (Å²) < 4.78 is 0. The molecule has 0 heterocycles. The van der Waals surface area contributed by atoms with Gasteiger partial charge in [0.25, 0.3) is 0 Å². The minimum absolute atomic E-state index is 0.501. The minimum Gasteiger partial charge on any atom is -0.310 e. The Hall–Kier alpha value is -18.1. The van der Waals surface area contributed by atoms with Crippen molar-refractivity contribution in [1.29, 1.82) is 0 Å². The van der Waals surface area contributed by atoms with E-state index in [1.165, 1.54) is 241 Å². The van der Waals surface area contributed by atoms with Crippen molar-refractivity contribution in [2.24, 2.45) is 0 Å². The molecule has 0 atom stereocenters. The smallest absolute Gasteiger partial charge is 0.0726 e. The molecule has 140 heavy (non-hydrogen) atoms. The van der Waals surface area contributed by atoms with Crippen LogP contribution in [0.15, 0.2) is 522 Å². The van der Waals surface area contributed by atoms with E-state index >= 15 is 0 Å². The van der Waals surface area contributed by atoms with Gasteiger partial charge in [-0.05, 0) is 315 Å². The van der Waals surface area contributed by atoms with Gasteiger partial charge in [0.1, 0.15) is 0 Å². The molecule has 0 fully saturated rings. The third-order valence-corrected chi connectivity index (χ3v) is 31.3. The topological polar surface area (TPSA) is 6.48 Å². The molecule has 2 nitrogen and oxygen atoms in total. The van der Waals surface area contributed by atoms with Crippen molar-refractivity contribution in [3.05, 3.63) is 566 Å². The van der Waals surface area contributed by atoms with Crippen molar-refractivity contribution < 1.29 is 0 Å². The summed E-state index contributed by atoms with van der Waals surface area (Å²) in [7, 11) is 0. The molecule has 0 amide bonds. The first-order valence-electron chi connectivity index (χ1n) is 48.8. The van der Waals surface area contributed by atoms with E-state index in [0.717, 1.165) is 34.1 Å². The standard InChI is InChI=1S/2C69H43N/c1-2-18-44(19-3-1)61-42-63-59-30-14-17-33-66(59)69(64-31-15-12-28-57(64)58-29-13-16-32-65(58)69)67(63)43-68(61)70(48-38-39-56-53-25-8-7-23-51(53)52-24-9-11-27-55(52)62(56)41-48)47-36-34-45(35-37-47)60-40-46-20-4-5-21-49(46)50-22-6-10-26-54(50)60;1-2-16-45(17-3-1)61-42-63-60-26-12-15-29-66(60)69(64-27-13-10-24-58(64)59-25-11-14-28-65(59)69)67(63)43-68(61)70(50-37-39-57-55-22-7-6-20-53(55)54-21-8-9-23-56(54)62(57)41-50)49-35-32-44(33-36-49)47-34-38-52-48(40-47)31-30-46-18-4-5-19-51(46)52/h2*1-43H. The highest BCUT2D eigenvalue weighted by Gasteiger charge is 2.54. The Morgan fingerprint density at radius 2 is 0.371 bits per heavy atom. The molecule has 2 spiro atoms. The van der Waals surface area contributed by atoms with E-state index in [2.05, 4.69) is 532 Å². The summed E-state index contributed by atoms with van der Waals surface area (Å²) in [6.45, 7) is 0. The predicted molar refractivity (Wildman–Crippen MR) is 592 cm³/mol. The average Bonchev–Trinajstić information content (AvgIpc) is 1.51. The van der Waals surface area contributed by atoms with Crippen molar-refractivity contribution in [3.63, 3.8) is 0 Å². The van der Waals surface area contributed by atoms with Gasteiger partial charge in [-0.1, -0.05) is 437 Å². The van der Waals surface area contributed by atoms with Crippen LogP contribution in [0.25, 0.3) is 197 Å². The second kappa shape index (κ2) is 31.2. The lowest BCUT2D eigenvalue weighted by Crippen LogP contribution is -2.26. The first-order chi connectivity index (χ1) is 69.5. The van der Waals surface area contributed by atoms with Gasteiger partial charge in [0.2, 0.25) is 0 Å². The van der Waals surface area contributed by atoms with Gasteiger partial charge in [-0.15, -0.1) is 0 Å². The van der Waals surface area contributed by atoms with Crippen LogP contribution < -0.4 is 9.80 Å². The molecular formula is C138H86N2. The Bertz CT molecular complexity index is 9550. The lowest BCUT2D eigenvalue weighted by Gasteiger charge is -2.33. The maximum Gasteiger partial charge on any atom is 0.0726 e. The van der Waals surface area contributed by atoms with Gasteiger partial charge in [-0.2, -0.15) is 0 Å². The first-order valence-corrected chi connectivity index (χ1v) is 48.8. The molecule has 2 heteroatoms. The zero-order valence-electron chi connectivity index (χ0n) is 76.5. The molecule has 0 aliphatic heterocycles. The Kier molecular flexibility index (Phi) is 17.7. The van der Waals surface area contributed by atoms with Gasteiger partial charge in [-0.3, -0.25) is 0 Å². The maximum atomic E-state index is 2.56. The van der Waals surface area contributed by atoms with E-state index < -0.39 is 10.8 Å². The molecule has 0 N–H and O–H groups in total. The molecule has 0 saturated heterocycles. The van der Waals surface area contributed by atoms with E-state index in [9.17, 15) is 0 Å². The zero-order chi connectivity index (χ0) is 91.8. The lowest BCUT2D eigenvalue weighted by atomic mass is 9.70. The highest BCUT2D eigenvalue weighted by Crippen LogP contribution is 2.67. The van der Waals surface area contributed by atoms with Crippen LogP contribution in [-0.4, -0.2) is 0 Å². The minimum atomic E-state index is -0.506. The molecule has 30 rings (SSSR count). The van der Waals surface area contributed by atoms with Crippen molar-refractivity contribution in [2.75, 3.05) is 9.80 Å². The molecule has 0 aromatic heterocycles. The van der Waals surface area contributed by atoms with E-state index in [1.54, 1.807) is 0 Å². The van der Waals surface area contributed by atoms with Crippen molar-refractivity contribution in [3.8, 4) is 89.0 Å². The van der Waals surface area contributed by atoms with Gasteiger partial charge in [0.15, 0.2) is 0 Å². The molecule has 0 saturated carbocycles. The van der Waals surface area contributed by atoms with Crippen LogP contribution in [0.1, 0.15) is 44.5 Å². The van der Waals surface area contributed by atoms with Gasteiger partial charge < -0.3 is 9.80 Å². The largest absolute Gasteiger partial charge is 0.310 e. The SMILES string of the molecule is c1ccc(-c2cc3c(cc2N(c2ccc(-c4cc5ccccc5c5ccccc45)cc2)c2ccc4c5ccccc5c5ccccc5c4c2)C2(c4ccccc4-c4ccccc42)c2ccccc2-3)cc1.c1ccc(-c2cc3c(cc2N(c2ccc(-c4ccc5c(ccc6ccccc65)c4)cc2)c2ccc4c5ccccc5c5ccccc5c4c2)C2(c4ccccc4-c4ccccc42)c2ccccc2-3)cc1. The first kappa shape index (κ1) is 79.3. The number of fused-ring (bicyclic) bond motifs is 38. The van der Waals surface area contributed by atoms with Gasteiger partial charge >= 0.3 is 0 Å². The van der Waals surface area contributed by atoms with E-state index in [4.69, 9.17) is 0 Å². The maximum absolute atomic E-state index is 2.56. The van der Waals surface area contributed by atoms with Crippen molar-refractivity contribution in [1.82, 2.24) is 0 Å². The fraction of sp³-hybridized carbons (Fsp3) is 0.0145. The van der Waals surface area contributed by atoms with Crippen LogP contribution in [0.4, 0.5) is 34.1 Å². The van der Waals surface area contributed by atoms with Crippen LogP contribution in [-0.2, 0) is 10.8 Å². The Labute approximate surface area is 811 Å². The zero-order valence-corrected chi connectivity index (χ0v) is 76.5. The van der Waals surface area contributed by atoms with Crippen LogP contribution in [0.3, 0.4) is 0 Å². The predicted octanol–water partition coefficient (Wildman–Crippen LogP) is 37.2. The Morgan fingerprint density at radius 1 is 0.114 bits per heavy atom. The average molecular weight is 1770 g/mol. The van der Waals surface area contributed by atoms with Gasteiger partial charge in [-0.25, -0.2) is 0 Å². The third-order valence-electron chi connectivity index (χ3n) is 31.3. The van der Waals surface area contributed by atoms with Crippen LogP contribution >= 0.6 is 0 Å². The van der Waals surface area contributed by atoms with Crippen LogP contribution in [0, 0.1) is 0 Å². The van der Waals surface area contributed by atoms with Crippen LogP contribution in [0.5, 0.6) is 0 Å². The monoisotopic (exact) mass is 1770 g/mol. The summed E-state index contributed by atoms with van der Waals surface area (Å²) in [5, 5.41) is 25.2. The summed E-state index contributed by atoms with van der Waals surface area (Å²) in [5.74, 6) is 0. The molecule has 0 radical (unpaired) electrons. The molecule has 4 aliphatic carbocycles. The van der Waals surface area contributed by atoms with Crippen molar-refractivity contribution >= 4 is 142 Å². The number of hydrogen-bond donors (Lipinski definition) is 0. The normalized spacial score (nSPS) is 13.0. The summed E-state index contributed by atoms with van der Waals surface area (Å²) >= 11 is 0. The second-order valence-corrected chi connectivity index (χ2v) is 38.2. The van der Waals surface area contributed by atoms with E-state index in [1.807, 2.05) is 0 Å². The molecule has 0 bridgehead atoms. The fourth-order valence-corrected chi connectivity index (χ4v) is 25.3. The number of benzene rings is 26. The Morgan fingerprint density at radius 3 is 0.771 bits per heavy atom. The molecule has 4 aliphatic rings. The Balaban J connectivity index is 0.000000134. The number of anilines is 6. The molecule has 26 aromatic rings. The second-order valence-electron chi connectivity index (χ2n) is 38.2. The van der Waals surface area contributed by atoms with Crippen LogP contribution in [0.2, 0.25) is 0 Å². The number of rotatable bonds is 10. The molecule has 26 aromatic carbocycles. The summed E-state index contributed by atoms with van der Waals surface area (Å²) in [6.07, 6.45) is 0. The van der Waals surface area contributed by atoms with Crippen molar-refractivity contribution in [2.45, 2.75) is 10.8 Å². The summed E-state index contributed by atoms with van der Waals surface area (Å²) in [6, 6.07) is 195. The lowest BCUT2D eigenvalue weighted by molar-refractivity contribution is 0.794. The highest BCUT2D eigenvalue weighted by atomic mass is 15.2. The van der Waals surface area contributed by atoms with Gasteiger partial charge in [0, 0.05) is 33.9 Å². The van der Waals surface area contributed by atoms with E-state index in [0.29, 0.717) is 0 Å². The van der Waals surface area contributed by atoms with Gasteiger partial charge in [0.05, 0.1) is 22.2 Å². The summed E-state index contributed by atoms with van der Waals surface area (Å²) in [4.78, 5) is 5.07. The summed E-state index contributed by atoms with van der Waals surface area (Å²) in [5.41, 5.74) is 36.1. The molecule has 648 valence electrons. The van der Waals surface area contributed by atoms with E-state index in [-0.39, 0.29) is 0 Å². The molecule has 0 unspecified atom stereocenters. The fourth-order valence-electron chi connectivity index (χ4n) is 25.3. The third kappa shape index (κ3) is 11.7.